The second-order valence-corrected chi connectivity index (χ2v) is 10.6. The van der Waals surface area contributed by atoms with E-state index in [9.17, 15) is 13.2 Å². The lowest BCUT2D eigenvalue weighted by Crippen LogP contribution is -2.41. The zero-order valence-electron chi connectivity index (χ0n) is 17.4. The first-order valence-electron chi connectivity index (χ1n) is 9.31. The van der Waals surface area contributed by atoms with Crippen molar-refractivity contribution in [1.82, 2.24) is 5.32 Å². The number of carbonyl (C=O) groups is 1. The van der Waals surface area contributed by atoms with E-state index >= 15 is 0 Å². The van der Waals surface area contributed by atoms with Crippen LogP contribution in [0.2, 0.25) is 10.0 Å². The molecule has 0 saturated carbocycles. The topological polar surface area (TPSA) is 75.7 Å². The highest BCUT2D eigenvalue weighted by Crippen LogP contribution is 2.30. The molecule has 9 heteroatoms. The van der Waals surface area contributed by atoms with E-state index in [1.165, 1.54) is 23.8 Å². The van der Waals surface area contributed by atoms with E-state index in [1.807, 2.05) is 24.3 Å². The monoisotopic (exact) mass is 472 g/mol. The Bertz CT molecular complexity index is 987. The van der Waals surface area contributed by atoms with Gasteiger partial charge < -0.3 is 10.1 Å². The third kappa shape index (κ3) is 7.07. The average Bonchev–Trinajstić information content (AvgIpc) is 2.63. The number of hydrogen-bond donors (Lipinski definition) is 1. The first-order chi connectivity index (χ1) is 13.9. The van der Waals surface area contributed by atoms with Gasteiger partial charge in [0, 0.05) is 5.02 Å². The number of halogens is 2. The van der Waals surface area contributed by atoms with Gasteiger partial charge in [-0.1, -0.05) is 56.1 Å². The minimum absolute atomic E-state index is 0.0605. The molecule has 0 aliphatic heterocycles. The number of hydrogen-bond acceptors (Lipinski definition) is 4. The fourth-order valence-corrected chi connectivity index (χ4v) is 4.09. The summed E-state index contributed by atoms with van der Waals surface area (Å²) >= 11 is 12.0. The zero-order chi connectivity index (χ0) is 22.5. The molecule has 0 bridgehead atoms. The second-order valence-electron chi connectivity index (χ2n) is 7.84. The van der Waals surface area contributed by atoms with Crippen molar-refractivity contribution in [1.29, 1.82) is 0 Å². The van der Waals surface area contributed by atoms with Crippen LogP contribution in [-0.4, -0.2) is 40.3 Å². The van der Waals surface area contributed by atoms with Crippen LogP contribution < -0.4 is 14.4 Å². The molecule has 30 heavy (non-hydrogen) atoms. The highest BCUT2D eigenvalue weighted by atomic mass is 35.5. The number of carbonyl (C=O) groups excluding carboxylic acids is 1. The van der Waals surface area contributed by atoms with Crippen molar-refractivity contribution in [2.45, 2.75) is 26.2 Å². The van der Waals surface area contributed by atoms with Crippen LogP contribution in [0.4, 0.5) is 5.69 Å². The van der Waals surface area contributed by atoms with Gasteiger partial charge in [0.05, 0.1) is 23.5 Å². The number of nitrogens with one attached hydrogen (secondary N) is 1. The van der Waals surface area contributed by atoms with Crippen LogP contribution >= 0.6 is 23.2 Å². The van der Waals surface area contributed by atoms with E-state index < -0.39 is 22.5 Å². The predicted octanol–water partition coefficient (Wildman–Crippen LogP) is 4.25. The molecule has 1 N–H and O–H groups in total. The van der Waals surface area contributed by atoms with Gasteiger partial charge in [0.25, 0.3) is 0 Å². The number of anilines is 1. The molecule has 0 fully saturated rings. The Kier molecular flexibility index (Phi) is 8.02. The molecule has 2 rings (SSSR count). The molecule has 0 heterocycles. The summed E-state index contributed by atoms with van der Waals surface area (Å²) in [7, 11) is -3.72. The number of sulfonamides is 1. The molecule has 2 aromatic carbocycles. The number of benzene rings is 2. The highest BCUT2D eigenvalue weighted by molar-refractivity contribution is 7.92. The molecule has 0 aromatic heterocycles. The van der Waals surface area contributed by atoms with Gasteiger partial charge in [0.2, 0.25) is 15.9 Å². The van der Waals surface area contributed by atoms with Crippen LogP contribution in [-0.2, 0) is 20.2 Å². The molecular formula is C21H26Cl2N2O4S. The van der Waals surface area contributed by atoms with Gasteiger partial charge >= 0.3 is 0 Å². The molecule has 0 saturated heterocycles. The number of nitrogens with zero attached hydrogens (tertiary/aromatic N) is 1. The lowest BCUT2D eigenvalue weighted by atomic mass is 9.87. The molecule has 2 aromatic rings. The second kappa shape index (κ2) is 9.90. The van der Waals surface area contributed by atoms with E-state index in [1.54, 1.807) is 0 Å². The fraction of sp³-hybridized carbons (Fsp3) is 0.381. The van der Waals surface area contributed by atoms with E-state index in [0.29, 0.717) is 10.8 Å². The molecule has 1 amide bonds. The minimum atomic E-state index is -3.72. The first-order valence-corrected chi connectivity index (χ1v) is 11.9. The van der Waals surface area contributed by atoms with E-state index in [0.717, 1.165) is 10.6 Å². The summed E-state index contributed by atoms with van der Waals surface area (Å²) in [5, 5.41) is 3.16. The van der Waals surface area contributed by atoms with Crippen molar-refractivity contribution in [3.8, 4) is 5.75 Å². The van der Waals surface area contributed by atoms with Crippen LogP contribution in [0, 0.1) is 0 Å². The van der Waals surface area contributed by atoms with E-state index in [2.05, 4.69) is 26.1 Å². The SMILES string of the molecule is CC(C)(C)c1ccc(OCCNC(=O)CN(c2ccc(Cl)cc2Cl)S(C)(=O)=O)cc1. The Morgan fingerprint density at radius 3 is 2.27 bits per heavy atom. The quantitative estimate of drug-likeness (QED) is 0.582. The molecule has 0 atom stereocenters. The van der Waals surface area contributed by atoms with Gasteiger partial charge in [-0.3, -0.25) is 9.10 Å². The van der Waals surface area contributed by atoms with Crippen LogP contribution in [0.25, 0.3) is 0 Å². The Balaban J connectivity index is 1.90. The van der Waals surface area contributed by atoms with Crippen LogP contribution in [0.1, 0.15) is 26.3 Å². The number of rotatable bonds is 8. The van der Waals surface area contributed by atoms with Crippen molar-refractivity contribution >= 4 is 44.8 Å². The summed E-state index contributed by atoms with van der Waals surface area (Å²) in [6.07, 6.45) is 1.01. The predicted molar refractivity (Wildman–Crippen MR) is 122 cm³/mol. The van der Waals surface area contributed by atoms with Crippen molar-refractivity contribution in [2.75, 3.05) is 30.3 Å². The van der Waals surface area contributed by atoms with Gasteiger partial charge in [-0.05, 0) is 41.3 Å². The standard InChI is InChI=1S/C21H26Cl2N2O4S/c1-21(2,3)15-5-8-17(9-6-15)29-12-11-24-20(26)14-25(30(4,27)28)19-10-7-16(22)13-18(19)23/h5-10,13H,11-12,14H2,1-4H3,(H,24,26). The maximum absolute atomic E-state index is 12.3. The highest BCUT2D eigenvalue weighted by Gasteiger charge is 2.23. The Morgan fingerprint density at radius 1 is 1.10 bits per heavy atom. The zero-order valence-corrected chi connectivity index (χ0v) is 19.7. The maximum atomic E-state index is 12.3. The Hall–Kier alpha value is -1.96. The van der Waals surface area contributed by atoms with Crippen molar-refractivity contribution in [3.63, 3.8) is 0 Å². The van der Waals surface area contributed by atoms with E-state index in [-0.39, 0.29) is 29.3 Å². The Labute approximate surface area is 188 Å². The van der Waals surface area contributed by atoms with Crippen molar-refractivity contribution < 1.29 is 17.9 Å². The third-order valence-corrected chi connectivity index (χ3v) is 5.94. The van der Waals surface area contributed by atoms with Gasteiger partial charge in [-0.15, -0.1) is 0 Å². The molecule has 6 nitrogen and oxygen atoms in total. The normalized spacial score (nSPS) is 11.8. The van der Waals surface area contributed by atoms with Gasteiger partial charge in [-0.25, -0.2) is 8.42 Å². The van der Waals surface area contributed by atoms with Crippen molar-refractivity contribution in [2.24, 2.45) is 0 Å². The molecule has 0 spiro atoms. The molecule has 0 radical (unpaired) electrons. The van der Waals surface area contributed by atoms with Gasteiger partial charge in [-0.2, -0.15) is 0 Å². The van der Waals surface area contributed by atoms with Gasteiger partial charge in [0.1, 0.15) is 18.9 Å². The van der Waals surface area contributed by atoms with Crippen LogP contribution in [0.3, 0.4) is 0 Å². The molecular weight excluding hydrogens is 447 g/mol. The van der Waals surface area contributed by atoms with Crippen molar-refractivity contribution in [3.05, 3.63) is 58.1 Å². The van der Waals surface area contributed by atoms with Crippen LogP contribution in [0.15, 0.2) is 42.5 Å². The summed E-state index contributed by atoms with van der Waals surface area (Å²) in [6, 6.07) is 12.2. The minimum Gasteiger partial charge on any atom is -0.492 e. The molecule has 164 valence electrons. The van der Waals surface area contributed by atoms with E-state index in [4.69, 9.17) is 27.9 Å². The first kappa shape index (κ1) is 24.3. The summed E-state index contributed by atoms with van der Waals surface area (Å²) in [6.45, 7) is 6.48. The molecule has 0 aliphatic carbocycles. The number of amides is 1. The summed E-state index contributed by atoms with van der Waals surface area (Å²) in [4.78, 5) is 12.3. The molecule has 0 aliphatic rings. The average molecular weight is 473 g/mol. The third-order valence-electron chi connectivity index (χ3n) is 4.28. The largest absolute Gasteiger partial charge is 0.492 e. The summed E-state index contributed by atoms with van der Waals surface area (Å²) < 4.78 is 30.9. The van der Waals surface area contributed by atoms with Gasteiger partial charge in [0.15, 0.2) is 0 Å². The lowest BCUT2D eigenvalue weighted by Gasteiger charge is -2.23. The summed E-state index contributed by atoms with van der Waals surface area (Å²) in [5.74, 6) is 0.223. The smallest absolute Gasteiger partial charge is 0.240 e. The maximum Gasteiger partial charge on any atom is 0.240 e. The Morgan fingerprint density at radius 2 is 1.73 bits per heavy atom. The van der Waals surface area contributed by atoms with Crippen LogP contribution in [0.5, 0.6) is 5.75 Å². The number of ether oxygens (including phenoxy) is 1. The molecule has 0 unspecified atom stereocenters. The lowest BCUT2D eigenvalue weighted by molar-refractivity contribution is -0.119. The fourth-order valence-electron chi connectivity index (χ4n) is 2.66. The summed E-state index contributed by atoms with van der Waals surface area (Å²) in [5.41, 5.74) is 1.45.